The first-order valence-electron chi connectivity index (χ1n) is 7.53. The van der Waals surface area contributed by atoms with E-state index in [1.54, 1.807) is 0 Å². The van der Waals surface area contributed by atoms with Crippen molar-refractivity contribution in [2.45, 2.75) is 18.9 Å². The van der Waals surface area contributed by atoms with E-state index in [9.17, 15) is 12.8 Å². The average Bonchev–Trinajstić information content (AvgIpc) is 2.58. The maximum Gasteiger partial charge on any atom is 0.316 e. The maximum absolute atomic E-state index is 12.8. The Kier molecular flexibility index (Phi) is 5.05. The Morgan fingerprint density at radius 2 is 1.87 bits per heavy atom. The zero-order chi connectivity index (χ0) is 16.3. The van der Waals surface area contributed by atoms with Crippen molar-refractivity contribution in [2.24, 2.45) is 0 Å². The van der Waals surface area contributed by atoms with E-state index < -0.39 is 16.0 Å². The average molecular weight is 346 g/mol. The highest BCUT2D eigenvalue weighted by atomic mass is 32.2. The quantitative estimate of drug-likeness (QED) is 0.765. The van der Waals surface area contributed by atoms with Crippen LogP contribution in [-0.4, -0.2) is 72.5 Å². The summed E-state index contributed by atoms with van der Waals surface area (Å²) >= 11 is 0. The molecule has 0 amide bonds. The summed E-state index contributed by atoms with van der Waals surface area (Å²) in [7, 11) is -3.51. The van der Waals surface area contributed by atoms with Gasteiger partial charge in [-0.1, -0.05) is 0 Å². The van der Waals surface area contributed by atoms with Crippen LogP contribution in [0.2, 0.25) is 0 Å². The topological polar surface area (TPSA) is 84.9 Å². The number of hydrogen-bond acceptors (Lipinski definition) is 6. The fourth-order valence-corrected chi connectivity index (χ4v) is 4.31. The van der Waals surface area contributed by atoms with Crippen LogP contribution < -0.4 is 4.74 Å². The second-order valence-corrected chi connectivity index (χ2v) is 7.37. The van der Waals surface area contributed by atoms with Gasteiger partial charge in [0.15, 0.2) is 5.82 Å². The molecule has 0 bridgehead atoms. The van der Waals surface area contributed by atoms with Crippen LogP contribution in [0, 0.1) is 5.82 Å². The van der Waals surface area contributed by atoms with E-state index in [2.05, 4.69) is 9.97 Å². The van der Waals surface area contributed by atoms with Gasteiger partial charge in [-0.2, -0.15) is 17.0 Å². The van der Waals surface area contributed by atoms with Crippen molar-refractivity contribution in [1.29, 1.82) is 0 Å². The van der Waals surface area contributed by atoms with Crippen LogP contribution in [0.3, 0.4) is 0 Å². The molecule has 0 unspecified atom stereocenters. The lowest BCUT2D eigenvalue weighted by Crippen LogP contribution is -2.53. The van der Waals surface area contributed by atoms with Gasteiger partial charge in [0.05, 0.1) is 32.2 Å². The van der Waals surface area contributed by atoms with Crippen LogP contribution in [0.15, 0.2) is 12.4 Å². The van der Waals surface area contributed by atoms with E-state index >= 15 is 0 Å². The molecule has 3 heterocycles. The summed E-state index contributed by atoms with van der Waals surface area (Å²) in [5.41, 5.74) is 0. The predicted molar refractivity (Wildman–Crippen MR) is 78.5 cm³/mol. The van der Waals surface area contributed by atoms with Crippen LogP contribution in [0.25, 0.3) is 0 Å². The zero-order valence-corrected chi connectivity index (χ0v) is 13.4. The van der Waals surface area contributed by atoms with Gasteiger partial charge >= 0.3 is 6.01 Å². The lowest BCUT2D eigenvalue weighted by Gasteiger charge is -2.36. The molecule has 2 saturated heterocycles. The van der Waals surface area contributed by atoms with Crippen molar-refractivity contribution in [3.8, 4) is 6.01 Å². The summed E-state index contributed by atoms with van der Waals surface area (Å²) in [4.78, 5) is 7.49. The lowest BCUT2D eigenvalue weighted by atomic mass is 10.1. The standard InChI is InChI=1S/C13H19FN4O4S/c14-11-8-15-13(16-9-11)22-12-2-1-3-18(10-12)23(19,20)17-4-6-21-7-5-17/h8-9,12H,1-7,10H2/t12-/m0/s1. The summed E-state index contributed by atoms with van der Waals surface area (Å²) in [6, 6.07) is 0.0574. The number of rotatable bonds is 4. The van der Waals surface area contributed by atoms with E-state index in [0.717, 1.165) is 12.4 Å². The van der Waals surface area contributed by atoms with Gasteiger partial charge in [-0.05, 0) is 12.8 Å². The SMILES string of the molecule is O=S(=O)(N1CCOCC1)N1CCC[C@H](Oc2ncc(F)cn2)C1. The number of piperidine rings is 1. The molecular weight excluding hydrogens is 327 g/mol. The molecule has 10 heteroatoms. The van der Waals surface area contributed by atoms with Crippen molar-refractivity contribution in [2.75, 3.05) is 39.4 Å². The maximum atomic E-state index is 12.8. The van der Waals surface area contributed by atoms with E-state index in [-0.39, 0.29) is 18.7 Å². The van der Waals surface area contributed by atoms with Gasteiger partial charge in [-0.3, -0.25) is 0 Å². The summed E-state index contributed by atoms with van der Waals surface area (Å²) < 4.78 is 51.7. The van der Waals surface area contributed by atoms with E-state index in [4.69, 9.17) is 9.47 Å². The summed E-state index contributed by atoms with van der Waals surface area (Å²) in [6.45, 7) is 2.26. The zero-order valence-electron chi connectivity index (χ0n) is 12.6. The first-order valence-corrected chi connectivity index (χ1v) is 8.92. The molecule has 1 aromatic heterocycles. The molecular formula is C13H19FN4O4S. The molecule has 23 heavy (non-hydrogen) atoms. The van der Waals surface area contributed by atoms with Crippen molar-refractivity contribution in [3.63, 3.8) is 0 Å². The van der Waals surface area contributed by atoms with Crippen molar-refractivity contribution in [1.82, 2.24) is 18.6 Å². The molecule has 0 saturated carbocycles. The molecule has 8 nitrogen and oxygen atoms in total. The normalized spacial score (nSPS) is 24.5. The Hall–Kier alpha value is -1.36. The number of halogens is 1. The Balaban J connectivity index is 1.64. The van der Waals surface area contributed by atoms with E-state index in [1.807, 2.05) is 0 Å². The molecule has 0 N–H and O–H groups in total. The van der Waals surface area contributed by atoms with Crippen molar-refractivity contribution in [3.05, 3.63) is 18.2 Å². The van der Waals surface area contributed by atoms with E-state index in [0.29, 0.717) is 45.7 Å². The first kappa shape index (κ1) is 16.5. The molecule has 0 spiro atoms. The molecule has 0 radical (unpaired) electrons. The Morgan fingerprint density at radius 3 is 2.57 bits per heavy atom. The third kappa shape index (κ3) is 3.94. The van der Waals surface area contributed by atoms with Crippen molar-refractivity contribution >= 4 is 10.2 Å². The fraction of sp³-hybridized carbons (Fsp3) is 0.692. The molecule has 0 aromatic carbocycles. The highest BCUT2D eigenvalue weighted by Crippen LogP contribution is 2.20. The fourth-order valence-electron chi connectivity index (χ4n) is 2.66. The molecule has 2 aliphatic heterocycles. The van der Waals surface area contributed by atoms with Crippen LogP contribution in [-0.2, 0) is 14.9 Å². The van der Waals surface area contributed by atoms with Crippen LogP contribution in [0.4, 0.5) is 4.39 Å². The number of ether oxygens (including phenoxy) is 2. The highest BCUT2D eigenvalue weighted by molar-refractivity contribution is 7.86. The van der Waals surface area contributed by atoms with Gasteiger partial charge in [0.1, 0.15) is 6.10 Å². The third-order valence-electron chi connectivity index (χ3n) is 3.83. The second-order valence-electron chi connectivity index (χ2n) is 5.44. The van der Waals surface area contributed by atoms with Gasteiger partial charge < -0.3 is 9.47 Å². The van der Waals surface area contributed by atoms with Crippen LogP contribution in [0.5, 0.6) is 6.01 Å². The first-order chi connectivity index (χ1) is 11.1. The number of nitrogens with zero attached hydrogens (tertiary/aromatic N) is 4. The Morgan fingerprint density at radius 1 is 1.17 bits per heavy atom. The molecule has 2 aliphatic rings. The summed E-state index contributed by atoms with van der Waals surface area (Å²) in [6.07, 6.45) is 3.09. The monoisotopic (exact) mass is 346 g/mol. The Labute approximate surface area is 134 Å². The van der Waals surface area contributed by atoms with Gasteiger partial charge in [-0.15, -0.1) is 0 Å². The minimum atomic E-state index is -3.51. The van der Waals surface area contributed by atoms with Crippen molar-refractivity contribution < 1.29 is 22.3 Å². The molecule has 128 valence electrons. The predicted octanol–water partition coefficient (Wildman–Crippen LogP) is 0.0359. The summed E-state index contributed by atoms with van der Waals surface area (Å²) in [5, 5.41) is 0. The highest BCUT2D eigenvalue weighted by Gasteiger charge is 2.35. The minimum absolute atomic E-state index is 0.0574. The molecule has 1 aromatic rings. The van der Waals surface area contributed by atoms with Gasteiger partial charge in [-0.25, -0.2) is 14.4 Å². The van der Waals surface area contributed by atoms with Gasteiger partial charge in [0.25, 0.3) is 10.2 Å². The third-order valence-corrected chi connectivity index (χ3v) is 5.83. The molecule has 2 fully saturated rings. The van der Waals surface area contributed by atoms with Crippen LogP contribution >= 0.6 is 0 Å². The molecule has 3 rings (SSSR count). The minimum Gasteiger partial charge on any atom is -0.459 e. The smallest absolute Gasteiger partial charge is 0.316 e. The summed E-state index contributed by atoms with van der Waals surface area (Å²) in [5.74, 6) is -0.544. The Bertz CT molecular complexity index is 621. The number of morpholine rings is 1. The largest absolute Gasteiger partial charge is 0.459 e. The molecule has 1 atom stereocenters. The van der Waals surface area contributed by atoms with Gasteiger partial charge in [0.2, 0.25) is 0 Å². The number of aromatic nitrogens is 2. The second kappa shape index (κ2) is 7.04. The van der Waals surface area contributed by atoms with Gasteiger partial charge in [0, 0.05) is 19.6 Å². The molecule has 0 aliphatic carbocycles. The van der Waals surface area contributed by atoms with Crippen LogP contribution in [0.1, 0.15) is 12.8 Å². The number of hydrogen-bond donors (Lipinski definition) is 0. The van der Waals surface area contributed by atoms with E-state index in [1.165, 1.54) is 8.61 Å². The lowest BCUT2D eigenvalue weighted by molar-refractivity contribution is 0.0660.